The Balaban J connectivity index is 1.88. The van der Waals surface area contributed by atoms with Gasteiger partial charge in [-0.2, -0.15) is 18.3 Å². The van der Waals surface area contributed by atoms with Crippen molar-refractivity contribution in [3.63, 3.8) is 0 Å². The Morgan fingerprint density at radius 2 is 2.16 bits per heavy atom. The van der Waals surface area contributed by atoms with Crippen molar-refractivity contribution < 1.29 is 27.6 Å². The minimum absolute atomic E-state index is 0.0713. The number of rotatable bonds is 6. The van der Waals surface area contributed by atoms with Gasteiger partial charge in [0.25, 0.3) is 0 Å². The first kappa shape index (κ1) is 23.5. The molecule has 0 radical (unpaired) electrons. The van der Waals surface area contributed by atoms with Crippen LogP contribution >= 0.6 is 0 Å². The summed E-state index contributed by atoms with van der Waals surface area (Å²) in [7, 11) is 2.59. The number of hydrazone groups is 1. The molecule has 13 heteroatoms. The van der Waals surface area contributed by atoms with Crippen LogP contribution in [0.1, 0.15) is 45.8 Å². The summed E-state index contributed by atoms with van der Waals surface area (Å²) < 4.78 is 44.3. The average Bonchev–Trinajstić information content (AvgIpc) is 3.31. The Morgan fingerprint density at radius 1 is 1.48 bits per heavy atom. The van der Waals surface area contributed by atoms with Crippen LogP contribution in [0.25, 0.3) is 0 Å². The van der Waals surface area contributed by atoms with Gasteiger partial charge in [-0.1, -0.05) is 19.0 Å². The number of nitrogens with zero attached hydrogens (tertiary/aromatic N) is 4. The number of aromatic nitrogens is 1. The summed E-state index contributed by atoms with van der Waals surface area (Å²) in [5.74, 6) is -0.320. The van der Waals surface area contributed by atoms with E-state index in [2.05, 4.69) is 15.6 Å². The van der Waals surface area contributed by atoms with E-state index in [-0.39, 0.29) is 30.6 Å². The summed E-state index contributed by atoms with van der Waals surface area (Å²) >= 11 is 0. The van der Waals surface area contributed by atoms with Crippen LogP contribution in [0.15, 0.2) is 15.7 Å². The smallest absolute Gasteiger partial charge is 0.391 e. The van der Waals surface area contributed by atoms with E-state index in [4.69, 9.17) is 4.52 Å². The molecule has 8 nitrogen and oxygen atoms in total. The van der Waals surface area contributed by atoms with Gasteiger partial charge in [0, 0.05) is 18.6 Å². The van der Waals surface area contributed by atoms with Crippen molar-refractivity contribution in [3.05, 3.63) is 11.8 Å². The predicted octanol–water partition coefficient (Wildman–Crippen LogP) is -0.497. The lowest BCUT2D eigenvalue weighted by Gasteiger charge is -2.32. The number of hydrogen-bond acceptors (Lipinski definition) is 7. The Morgan fingerprint density at radius 3 is 2.71 bits per heavy atom. The number of β-amino-alcohol motifs (C(OH)–C–C–N with tert-alkyl or cyclic N) is 1. The molecule has 1 amide bonds. The lowest BCUT2D eigenvalue weighted by Crippen LogP contribution is -2.54. The molecule has 0 bridgehead atoms. The largest absolute Gasteiger partial charge is 0.407 e. The summed E-state index contributed by atoms with van der Waals surface area (Å²) in [4.78, 5) is 15.0. The molecule has 3 unspecified atom stereocenters. The van der Waals surface area contributed by atoms with Crippen LogP contribution in [0.2, 0.25) is 0 Å². The number of alkyl halides is 3. The molecule has 2 aliphatic rings. The lowest BCUT2D eigenvalue weighted by atomic mass is 9.53. The van der Waals surface area contributed by atoms with Crippen LogP contribution in [0.5, 0.6) is 0 Å². The van der Waals surface area contributed by atoms with Crippen molar-refractivity contribution in [1.29, 1.82) is 0 Å². The van der Waals surface area contributed by atoms with Gasteiger partial charge in [-0.25, -0.2) is 0 Å². The molecular formula is C18H28B2F3N5O3. The highest BCUT2D eigenvalue weighted by molar-refractivity contribution is 6.97. The van der Waals surface area contributed by atoms with Crippen LogP contribution in [0.4, 0.5) is 13.2 Å². The fraction of sp³-hybridized carbons (Fsp3) is 0.722. The van der Waals surface area contributed by atoms with Crippen molar-refractivity contribution >= 4 is 32.2 Å². The molecular weight excluding hydrogens is 413 g/mol. The third kappa shape index (κ3) is 5.02. The standard InChI is InChI=1S/C18H28B2F3N5O3/c1-9(2)14(12-6-13(20-19)26-31-12)16(30)27-7-10(29)5-11(27)15-24-17(3,4)28(25-15)8-18(21,22)23/h6,9-11,14,20,29H,5,7-8,19H2,1-4H3,(H,24,25). The highest BCUT2D eigenvalue weighted by atomic mass is 19.4. The summed E-state index contributed by atoms with van der Waals surface area (Å²) in [6, 6.07) is 1.10. The number of likely N-dealkylation sites (tertiary alicyclic amines) is 1. The number of carbonyl (C=O) groups is 1. The molecule has 0 aliphatic carbocycles. The Hall–Kier alpha value is -2.17. The van der Waals surface area contributed by atoms with Gasteiger partial charge >= 0.3 is 6.18 Å². The van der Waals surface area contributed by atoms with E-state index in [1.54, 1.807) is 19.9 Å². The summed E-state index contributed by atoms with van der Waals surface area (Å²) in [6.45, 7) is 5.80. The van der Waals surface area contributed by atoms with Crippen molar-refractivity contribution in [2.45, 2.75) is 64.0 Å². The SMILES string of the molecule is BBc1cc(C(C(=O)N2CC(O)CC2C2=NN(CC(F)(F)F)C(C)(C)N2)C(C)C)on1. The molecule has 3 rings (SSSR count). The van der Waals surface area contributed by atoms with Gasteiger partial charge in [-0.15, -0.1) is 0 Å². The van der Waals surface area contributed by atoms with Gasteiger partial charge in [0.2, 0.25) is 5.91 Å². The van der Waals surface area contributed by atoms with E-state index < -0.39 is 36.4 Å². The number of halogens is 3. The Kier molecular flexibility index (Phi) is 6.37. The average molecular weight is 441 g/mol. The van der Waals surface area contributed by atoms with Gasteiger partial charge in [0.1, 0.15) is 36.9 Å². The maximum Gasteiger partial charge on any atom is 0.407 e. The summed E-state index contributed by atoms with van der Waals surface area (Å²) in [6.07, 6.45) is -5.03. The number of aliphatic hydroxyl groups is 1. The van der Waals surface area contributed by atoms with E-state index in [1.807, 2.05) is 21.6 Å². The van der Waals surface area contributed by atoms with Crippen molar-refractivity contribution in [2.75, 3.05) is 13.1 Å². The topological polar surface area (TPSA) is 94.2 Å². The number of amides is 1. The van der Waals surface area contributed by atoms with Crippen LogP contribution in [0.3, 0.4) is 0 Å². The normalized spacial score (nSPS) is 24.4. The van der Waals surface area contributed by atoms with E-state index in [1.165, 1.54) is 4.90 Å². The van der Waals surface area contributed by atoms with Gasteiger partial charge in [0.15, 0.2) is 0 Å². The summed E-state index contributed by atoms with van der Waals surface area (Å²) in [5, 5.41) is 22.4. The third-order valence-corrected chi connectivity index (χ3v) is 5.69. The van der Waals surface area contributed by atoms with E-state index in [0.717, 1.165) is 10.6 Å². The zero-order valence-corrected chi connectivity index (χ0v) is 18.4. The monoisotopic (exact) mass is 441 g/mol. The number of nitrogens with one attached hydrogen (secondary N) is 1. The maximum atomic E-state index is 13.5. The molecule has 1 saturated heterocycles. The van der Waals surface area contributed by atoms with Crippen LogP contribution in [0, 0.1) is 5.92 Å². The predicted molar refractivity (Wildman–Crippen MR) is 113 cm³/mol. The highest BCUT2D eigenvalue weighted by Gasteiger charge is 2.47. The first-order valence-corrected chi connectivity index (χ1v) is 10.5. The molecule has 0 aromatic carbocycles. The Bertz CT molecular complexity index is 846. The fourth-order valence-corrected chi connectivity index (χ4v) is 4.08. The van der Waals surface area contributed by atoms with Gasteiger partial charge in [-0.3, -0.25) is 9.80 Å². The molecule has 3 heterocycles. The van der Waals surface area contributed by atoms with Crippen molar-refractivity contribution in [3.8, 4) is 0 Å². The first-order valence-electron chi connectivity index (χ1n) is 10.5. The minimum atomic E-state index is -4.42. The number of amidine groups is 1. The molecule has 170 valence electrons. The van der Waals surface area contributed by atoms with E-state index in [0.29, 0.717) is 12.9 Å². The molecule has 1 fully saturated rings. The lowest BCUT2D eigenvalue weighted by molar-refractivity contribution is -0.156. The van der Waals surface area contributed by atoms with Crippen LogP contribution < -0.4 is 10.9 Å². The molecule has 2 N–H and O–H groups in total. The second kappa shape index (κ2) is 8.40. The molecule has 31 heavy (non-hydrogen) atoms. The molecule has 0 spiro atoms. The quantitative estimate of drug-likeness (QED) is 0.579. The number of carbonyl (C=O) groups excluding carboxylic acids is 1. The highest BCUT2D eigenvalue weighted by Crippen LogP contribution is 2.32. The zero-order chi connectivity index (χ0) is 23.1. The second-order valence-electron chi connectivity index (χ2n) is 9.03. The van der Waals surface area contributed by atoms with E-state index in [9.17, 15) is 23.1 Å². The molecule has 1 aromatic rings. The zero-order valence-electron chi connectivity index (χ0n) is 18.4. The van der Waals surface area contributed by atoms with Crippen molar-refractivity contribution in [1.82, 2.24) is 20.4 Å². The molecule has 2 aliphatic heterocycles. The summed E-state index contributed by atoms with van der Waals surface area (Å²) in [5.41, 5.74) is -0.344. The molecule has 3 atom stereocenters. The number of hydrogen-bond donors (Lipinski definition) is 2. The third-order valence-electron chi connectivity index (χ3n) is 5.69. The molecule has 0 saturated carbocycles. The molecule has 1 aromatic heterocycles. The second-order valence-corrected chi connectivity index (χ2v) is 9.03. The first-order chi connectivity index (χ1) is 14.3. The van der Waals surface area contributed by atoms with Crippen LogP contribution in [-0.2, 0) is 4.79 Å². The van der Waals surface area contributed by atoms with Crippen molar-refractivity contribution in [2.24, 2.45) is 11.0 Å². The van der Waals surface area contributed by atoms with Crippen LogP contribution in [-0.4, -0.2) is 83.9 Å². The van der Waals surface area contributed by atoms with Gasteiger partial charge in [0.05, 0.1) is 19.9 Å². The maximum absolute atomic E-state index is 13.5. The van der Waals surface area contributed by atoms with Gasteiger partial charge in [-0.05, 0) is 25.8 Å². The number of aliphatic hydroxyl groups excluding tert-OH is 1. The van der Waals surface area contributed by atoms with Gasteiger partial charge < -0.3 is 19.8 Å². The minimum Gasteiger partial charge on any atom is -0.391 e. The fourth-order valence-electron chi connectivity index (χ4n) is 4.08. The van der Waals surface area contributed by atoms with E-state index >= 15 is 0 Å². The Labute approximate surface area is 180 Å².